The molecule has 0 aromatic heterocycles. The Labute approximate surface area is 166 Å². The molecule has 156 valence electrons. The lowest BCUT2D eigenvalue weighted by molar-refractivity contribution is 0.460. The van der Waals surface area contributed by atoms with Crippen LogP contribution in [0.1, 0.15) is 130 Å². The first-order valence-corrected chi connectivity index (χ1v) is 12.0. The van der Waals surface area contributed by atoms with Crippen LogP contribution in [-0.2, 0) is 0 Å². The quantitative estimate of drug-likeness (QED) is 0.128. The summed E-state index contributed by atoms with van der Waals surface area (Å²) in [7, 11) is 0. The average molecular weight is 367 g/mol. The van der Waals surface area contributed by atoms with Gasteiger partial charge in [0.25, 0.3) is 0 Å². The Bertz CT molecular complexity index is 295. The molecule has 0 radical (unpaired) electrons. The predicted octanol–water partition coefficient (Wildman–Crippen LogP) is 8.01. The minimum atomic E-state index is 1.01. The monoisotopic (exact) mass is 366 g/mol. The van der Waals surface area contributed by atoms with Crippen molar-refractivity contribution in [2.75, 3.05) is 19.6 Å². The topological polar surface area (TPSA) is 15.6 Å². The molecule has 0 aliphatic rings. The van der Waals surface area contributed by atoms with Crippen molar-refractivity contribution in [3.63, 3.8) is 0 Å². The van der Waals surface area contributed by atoms with Gasteiger partial charge in [0.1, 0.15) is 0 Å². The maximum absolute atomic E-state index is 4.71. The van der Waals surface area contributed by atoms with E-state index < -0.39 is 0 Å². The van der Waals surface area contributed by atoms with Gasteiger partial charge in [0.05, 0.1) is 5.84 Å². The molecule has 0 aliphatic heterocycles. The van der Waals surface area contributed by atoms with E-state index in [0.717, 1.165) is 19.6 Å². The summed E-state index contributed by atoms with van der Waals surface area (Å²) in [6, 6.07) is 0. The van der Waals surface area contributed by atoms with Gasteiger partial charge in [0, 0.05) is 19.6 Å². The van der Waals surface area contributed by atoms with E-state index in [2.05, 4.69) is 32.6 Å². The van der Waals surface area contributed by atoms with Crippen molar-refractivity contribution in [3.05, 3.63) is 0 Å². The third kappa shape index (κ3) is 16.9. The molecule has 0 aliphatic carbocycles. The van der Waals surface area contributed by atoms with Crippen LogP contribution in [-0.4, -0.2) is 30.4 Å². The van der Waals surface area contributed by atoms with Crippen LogP contribution < -0.4 is 0 Å². The fourth-order valence-corrected chi connectivity index (χ4v) is 3.68. The fraction of sp³-hybridized carbons (Fsp3) is 0.958. The summed E-state index contributed by atoms with van der Waals surface area (Å²) in [5.74, 6) is 1.22. The van der Waals surface area contributed by atoms with Crippen molar-refractivity contribution in [2.45, 2.75) is 130 Å². The Morgan fingerprint density at radius 1 is 0.538 bits per heavy atom. The van der Waals surface area contributed by atoms with E-state index in [9.17, 15) is 0 Å². The maximum Gasteiger partial charge on any atom is 0.0957 e. The van der Waals surface area contributed by atoms with Gasteiger partial charge < -0.3 is 4.90 Å². The van der Waals surface area contributed by atoms with E-state index in [1.807, 2.05) is 0 Å². The Kier molecular flexibility index (Phi) is 20.4. The molecule has 2 nitrogen and oxygen atoms in total. The molecule has 0 fully saturated rings. The van der Waals surface area contributed by atoms with E-state index >= 15 is 0 Å². The van der Waals surface area contributed by atoms with Crippen LogP contribution >= 0.6 is 0 Å². The highest BCUT2D eigenvalue weighted by Crippen LogP contribution is 2.13. The molecule has 0 rings (SSSR count). The Morgan fingerprint density at radius 2 is 0.885 bits per heavy atom. The lowest BCUT2D eigenvalue weighted by Gasteiger charge is -2.20. The molecule has 0 bridgehead atoms. The SMILES string of the molecule is CCCCCCCCCCCCCCCCCCN=C(C)N(CC)CC. The van der Waals surface area contributed by atoms with Gasteiger partial charge in [-0.15, -0.1) is 0 Å². The standard InChI is InChI=1S/C24H50N2/c1-5-8-9-10-11-12-13-14-15-16-17-18-19-20-21-22-23-25-24(4)26(6-2)7-3/h5-23H2,1-4H3. The average Bonchev–Trinajstić information content (AvgIpc) is 2.65. The van der Waals surface area contributed by atoms with Crippen LogP contribution in [0.2, 0.25) is 0 Å². The molecule has 0 spiro atoms. The van der Waals surface area contributed by atoms with Gasteiger partial charge in [-0.2, -0.15) is 0 Å². The largest absolute Gasteiger partial charge is 0.361 e. The molecule has 0 atom stereocenters. The van der Waals surface area contributed by atoms with Crippen molar-refractivity contribution >= 4 is 5.84 Å². The summed E-state index contributed by atoms with van der Waals surface area (Å²) in [5, 5.41) is 0. The van der Waals surface area contributed by atoms with Crippen molar-refractivity contribution in [2.24, 2.45) is 4.99 Å². The maximum atomic E-state index is 4.71. The smallest absolute Gasteiger partial charge is 0.0957 e. The van der Waals surface area contributed by atoms with Crippen molar-refractivity contribution in [1.29, 1.82) is 0 Å². The van der Waals surface area contributed by atoms with Gasteiger partial charge in [-0.1, -0.05) is 103 Å². The van der Waals surface area contributed by atoms with Crippen molar-refractivity contribution in [3.8, 4) is 0 Å². The fourth-order valence-electron chi connectivity index (χ4n) is 3.68. The molecular weight excluding hydrogens is 316 g/mol. The number of hydrogen-bond donors (Lipinski definition) is 0. The highest BCUT2D eigenvalue weighted by molar-refractivity contribution is 5.79. The molecule has 0 saturated heterocycles. The van der Waals surface area contributed by atoms with Crippen LogP contribution in [0.4, 0.5) is 0 Å². The summed E-state index contributed by atoms with van der Waals surface area (Å²) >= 11 is 0. The lowest BCUT2D eigenvalue weighted by atomic mass is 10.0. The second kappa shape index (κ2) is 20.8. The van der Waals surface area contributed by atoms with Gasteiger partial charge in [-0.05, 0) is 27.2 Å². The molecule has 2 heteroatoms. The normalized spacial score (nSPS) is 11.9. The van der Waals surface area contributed by atoms with E-state index in [1.54, 1.807) is 0 Å². The first kappa shape index (κ1) is 25.5. The first-order chi connectivity index (χ1) is 12.8. The lowest BCUT2D eigenvalue weighted by Crippen LogP contribution is -2.28. The Hall–Kier alpha value is -0.530. The van der Waals surface area contributed by atoms with Gasteiger partial charge in [-0.25, -0.2) is 0 Å². The van der Waals surface area contributed by atoms with Gasteiger partial charge >= 0.3 is 0 Å². The predicted molar refractivity (Wildman–Crippen MR) is 120 cm³/mol. The third-order valence-corrected chi connectivity index (χ3v) is 5.57. The van der Waals surface area contributed by atoms with Gasteiger partial charge in [-0.3, -0.25) is 4.99 Å². The van der Waals surface area contributed by atoms with Gasteiger partial charge in [0.15, 0.2) is 0 Å². The number of nitrogens with zero attached hydrogens (tertiary/aromatic N) is 2. The van der Waals surface area contributed by atoms with E-state index in [0.29, 0.717) is 0 Å². The molecule has 0 aromatic carbocycles. The minimum Gasteiger partial charge on any atom is -0.361 e. The van der Waals surface area contributed by atoms with E-state index in [4.69, 9.17) is 4.99 Å². The Morgan fingerprint density at radius 3 is 1.23 bits per heavy atom. The zero-order chi connectivity index (χ0) is 19.3. The van der Waals surface area contributed by atoms with Crippen LogP contribution in [0.15, 0.2) is 4.99 Å². The summed E-state index contributed by atoms with van der Waals surface area (Å²) in [5.41, 5.74) is 0. The number of aliphatic imine (C=N–C) groups is 1. The summed E-state index contributed by atoms with van der Waals surface area (Å²) in [4.78, 5) is 7.05. The highest BCUT2D eigenvalue weighted by Gasteiger charge is 1.99. The number of unbranched alkanes of at least 4 members (excludes halogenated alkanes) is 15. The van der Waals surface area contributed by atoms with Crippen LogP contribution in [0, 0.1) is 0 Å². The molecule has 26 heavy (non-hydrogen) atoms. The second-order valence-corrected chi connectivity index (χ2v) is 7.90. The minimum absolute atomic E-state index is 1.01. The van der Waals surface area contributed by atoms with E-state index in [-0.39, 0.29) is 0 Å². The van der Waals surface area contributed by atoms with Gasteiger partial charge in [0.2, 0.25) is 0 Å². The summed E-state index contributed by atoms with van der Waals surface area (Å²) in [6.07, 6.45) is 22.9. The third-order valence-electron chi connectivity index (χ3n) is 5.57. The summed E-state index contributed by atoms with van der Waals surface area (Å²) < 4.78 is 0. The molecule has 0 heterocycles. The molecule has 0 N–H and O–H groups in total. The number of hydrogen-bond acceptors (Lipinski definition) is 1. The molecular formula is C24H50N2. The highest BCUT2D eigenvalue weighted by atomic mass is 15.2. The molecule has 0 aromatic rings. The van der Waals surface area contributed by atoms with Crippen molar-refractivity contribution < 1.29 is 0 Å². The number of amidine groups is 1. The zero-order valence-electron chi connectivity index (χ0n) is 18.8. The first-order valence-electron chi connectivity index (χ1n) is 12.0. The Balaban J connectivity index is 3.21. The number of rotatable bonds is 19. The summed E-state index contributed by atoms with van der Waals surface area (Å²) in [6.45, 7) is 12.0. The second-order valence-electron chi connectivity index (χ2n) is 7.90. The van der Waals surface area contributed by atoms with Crippen molar-refractivity contribution in [1.82, 2.24) is 4.90 Å². The molecule has 0 unspecified atom stereocenters. The van der Waals surface area contributed by atoms with E-state index in [1.165, 1.54) is 109 Å². The zero-order valence-corrected chi connectivity index (χ0v) is 18.8. The molecule has 0 saturated carbocycles. The van der Waals surface area contributed by atoms with Crippen LogP contribution in [0.25, 0.3) is 0 Å². The van der Waals surface area contributed by atoms with Crippen LogP contribution in [0.5, 0.6) is 0 Å². The van der Waals surface area contributed by atoms with Crippen LogP contribution in [0.3, 0.4) is 0 Å². The molecule has 0 amide bonds.